The van der Waals surface area contributed by atoms with Crippen LogP contribution < -0.4 is 0 Å². The largest absolute Gasteiger partial charge is 0.392 e. The molecule has 0 amide bonds. The second-order valence-corrected chi connectivity index (χ2v) is 9.72. The number of hydrogen-bond donors (Lipinski definition) is 1. The highest BCUT2D eigenvalue weighted by molar-refractivity contribution is 7.95. The summed E-state index contributed by atoms with van der Waals surface area (Å²) in [7, 11) is -2.19. The van der Waals surface area contributed by atoms with E-state index in [0.717, 1.165) is 5.56 Å². The maximum atomic E-state index is 13.2. The molecule has 0 aliphatic heterocycles. The standard InChI is InChI=1S/C24H30O6S/c1-18-23(31(26,27)21-11-7-4-8-12-21)13-20(15-30-17-28-2)22(24(18)25)16-29-14-19-9-5-3-6-10-19/h3-13,18,20,22,24-25H,14-17H2,1-2H3/t18-,20-,22-,24-/m1/s1. The van der Waals surface area contributed by atoms with Crippen LogP contribution in [0, 0.1) is 17.8 Å². The number of benzene rings is 2. The van der Waals surface area contributed by atoms with Crippen molar-refractivity contribution in [3.05, 3.63) is 77.2 Å². The fraction of sp³-hybridized carbons (Fsp3) is 0.417. The predicted octanol–water partition coefficient (Wildman–Crippen LogP) is 3.42. The number of sulfone groups is 1. The maximum Gasteiger partial charge on any atom is 0.202 e. The van der Waals surface area contributed by atoms with Gasteiger partial charge in [0.25, 0.3) is 0 Å². The molecule has 3 rings (SSSR count). The van der Waals surface area contributed by atoms with Gasteiger partial charge in [-0.3, -0.25) is 0 Å². The molecule has 0 saturated carbocycles. The second-order valence-electron chi connectivity index (χ2n) is 7.77. The minimum atomic E-state index is -3.72. The van der Waals surface area contributed by atoms with Gasteiger partial charge >= 0.3 is 0 Å². The lowest BCUT2D eigenvalue weighted by Crippen LogP contribution is -2.43. The van der Waals surface area contributed by atoms with Gasteiger partial charge in [0.05, 0.1) is 35.7 Å². The van der Waals surface area contributed by atoms with Crippen molar-refractivity contribution >= 4 is 9.84 Å². The van der Waals surface area contributed by atoms with Gasteiger partial charge < -0.3 is 19.3 Å². The number of hydrogen-bond acceptors (Lipinski definition) is 6. The van der Waals surface area contributed by atoms with E-state index in [0.29, 0.717) is 6.61 Å². The highest BCUT2D eigenvalue weighted by atomic mass is 32.2. The average molecular weight is 447 g/mol. The summed E-state index contributed by atoms with van der Waals surface area (Å²) < 4.78 is 42.9. The summed E-state index contributed by atoms with van der Waals surface area (Å²) in [6.45, 7) is 2.77. The van der Waals surface area contributed by atoms with Crippen LogP contribution in [0.15, 0.2) is 76.5 Å². The molecule has 4 atom stereocenters. The van der Waals surface area contributed by atoms with Crippen molar-refractivity contribution in [3.8, 4) is 0 Å². The van der Waals surface area contributed by atoms with E-state index in [2.05, 4.69) is 0 Å². The van der Waals surface area contributed by atoms with Crippen LogP contribution in [0.3, 0.4) is 0 Å². The fourth-order valence-electron chi connectivity index (χ4n) is 3.90. The third-order valence-corrected chi connectivity index (χ3v) is 7.65. The van der Waals surface area contributed by atoms with E-state index in [1.165, 1.54) is 7.11 Å². The van der Waals surface area contributed by atoms with Crippen molar-refractivity contribution < 1.29 is 27.7 Å². The summed E-state index contributed by atoms with van der Waals surface area (Å²) in [5.41, 5.74) is 1.04. The van der Waals surface area contributed by atoms with Gasteiger partial charge in [-0.05, 0) is 17.7 Å². The predicted molar refractivity (Wildman–Crippen MR) is 118 cm³/mol. The SMILES string of the molecule is COCOC[C@H]1C=C(S(=O)(=O)c2ccccc2)[C@@H](C)[C@@H](O)[C@@H]1COCc1ccccc1. The van der Waals surface area contributed by atoms with Gasteiger partial charge in [0, 0.05) is 24.9 Å². The summed E-state index contributed by atoms with van der Waals surface area (Å²) in [4.78, 5) is 0.437. The Morgan fingerprint density at radius 1 is 0.935 bits per heavy atom. The van der Waals surface area contributed by atoms with Gasteiger partial charge in [-0.25, -0.2) is 8.42 Å². The molecular weight excluding hydrogens is 416 g/mol. The van der Waals surface area contributed by atoms with Crippen LogP contribution in [0.5, 0.6) is 0 Å². The number of aliphatic hydroxyl groups excluding tert-OH is 1. The molecule has 0 saturated heterocycles. The first-order valence-corrected chi connectivity index (χ1v) is 11.8. The molecule has 0 bridgehead atoms. The fourth-order valence-corrected chi connectivity index (χ4v) is 5.67. The monoisotopic (exact) mass is 446 g/mol. The first-order chi connectivity index (χ1) is 14.9. The molecule has 31 heavy (non-hydrogen) atoms. The van der Waals surface area contributed by atoms with Crippen molar-refractivity contribution in [1.82, 2.24) is 0 Å². The molecule has 1 aliphatic rings. The zero-order valence-electron chi connectivity index (χ0n) is 17.9. The Kier molecular flexibility index (Phi) is 8.40. The molecule has 0 unspecified atom stereocenters. The molecule has 0 aromatic heterocycles. The quantitative estimate of drug-likeness (QED) is 0.445. The van der Waals surface area contributed by atoms with Crippen molar-refractivity contribution in [2.45, 2.75) is 24.5 Å². The number of rotatable bonds is 10. The van der Waals surface area contributed by atoms with E-state index in [1.807, 2.05) is 30.3 Å². The van der Waals surface area contributed by atoms with E-state index in [4.69, 9.17) is 14.2 Å². The van der Waals surface area contributed by atoms with Gasteiger partial charge in [-0.1, -0.05) is 61.5 Å². The van der Waals surface area contributed by atoms with Crippen LogP contribution in [0.1, 0.15) is 12.5 Å². The first-order valence-electron chi connectivity index (χ1n) is 10.3. The van der Waals surface area contributed by atoms with Gasteiger partial charge in [0.2, 0.25) is 9.84 Å². The molecule has 0 fully saturated rings. The van der Waals surface area contributed by atoms with Gasteiger partial charge in [-0.2, -0.15) is 0 Å². The molecule has 2 aromatic carbocycles. The van der Waals surface area contributed by atoms with Crippen LogP contribution in [-0.4, -0.2) is 46.7 Å². The molecule has 1 aliphatic carbocycles. The first kappa shape index (κ1) is 23.6. The Morgan fingerprint density at radius 3 is 2.23 bits per heavy atom. The third kappa shape index (κ3) is 5.81. The highest BCUT2D eigenvalue weighted by Gasteiger charge is 2.41. The van der Waals surface area contributed by atoms with E-state index >= 15 is 0 Å². The van der Waals surface area contributed by atoms with E-state index < -0.39 is 21.9 Å². The van der Waals surface area contributed by atoms with Crippen molar-refractivity contribution in [3.63, 3.8) is 0 Å². The van der Waals surface area contributed by atoms with E-state index in [-0.39, 0.29) is 41.6 Å². The molecule has 7 heteroatoms. The number of aliphatic hydroxyl groups is 1. The van der Waals surface area contributed by atoms with Crippen LogP contribution in [0.4, 0.5) is 0 Å². The highest BCUT2D eigenvalue weighted by Crippen LogP contribution is 2.39. The number of methoxy groups -OCH3 is 1. The molecule has 6 nitrogen and oxygen atoms in total. The van der Waals surface area contributed by atoms with E-state index in [9.17, 15) is 13.5 Å². The van der Waals surface area contributed by atoms with E-state index in [1.54, 1.807) is 43.3 Å². The Labute approximate surface area is 184 Å². The lowest BCUT2D eigenvalue weighted by atomic mass is 9.77. The Morgan fingerprint density at radius 2 is 1.58 bits per heavy atom. The summed E-state index contributed by atoms with van der Waals surface area (Å²) in [6.07, 6.45) is 0.844. The molecule has 0 heterocycles. The second kappa shape index (κ2) is 11.0. The number of ether oxygens (including phenoxy) is 3. The minimum absolute atomic E-state index is 0.0916. The maximum absolute atomic E-state index is 13.2. The van der Waals surface area contributed by atoms with Crippen LogP contribution in [0.2, 0.25) is 0 Å². The van der Waals surface area contributed by atoms with Crippen molar-refractivity contribution in [2.24, 2.45) is 17.8 Å². The third-order valence-electron chi connectivity index (χ3n) is 5.63. The minimum Gasteiger partial charge on any atom is -0.392 e. The molecule has 1 N–H and O–H groups in total. The summed E-state index contributed by atoms with van der Waals surface area (Å²) in [5, 5.41) is 11.1. The molecular formula is C24H30O6S. The Bertz CT molecular complexity index is 943. The van der Waals surface area contributed by atoms with Crippen LogP contribution in [-0.2, 0) is 30.7 Å². The molecule has 2 aromatic rings. The topological polar surface area (TPSA) is 82.1 Å². The lowest BCUT2D eigenvalue weighted by Gasteiger charge is -2.38. The lowest BCUT2D eigenvalue weighted by molar-refractivity contribution is -0.0730. The summed E-state index contributed by atoms with van der Waals surface area (Å²) in [6, 6.07) is 18.1. The normalized spacial score (nSPS) is 24.0. The molecule has 0 spiro atoms. The van der Waals surface area contributed by atoms with Gasteiger partial charge in [0.15, 0.2) is 0 Å². The summed E-state index contributed by atoms with van der Waals surface area (Å²) >= 11 is 0. The summed E-state index contributed by atoms with van der Waals surface area (Å²) in [5.74, 6) is -1.19. The Balaban J connectivity index is 1.82. The zero-order chi connectivity index (χ0) is 22.3. The molecule has 0 radical (unpaired) electrons. The van der Waals surface area contributed by atoms with Crippen LogP contribution in [0.25, 0.3) is 0 Å². The average Bonchev–Trinajstić information content (AvgIpc) is 2.79. The van der Waals surface area contributed by atoms with Crippen LogP contribution >= 0.6 is 0 Å². The van der Waals surface area contributed by atoms with Gasteiger partial charge in [-0.15, -0.1) is 0 Å². The van der Waals surface area contributed by atoms with Crippen molar-refractivity contribution in [1.29, 1.82) is 0 Å². The van der Waals surface area contributed by atoms with Crippen molar-refractivity contribution in [2.75, 3.05) is 27.1 Å². The molecule has 168 valence electrons. The smallest absolute Gasteiger partial charge is 0.202 e. The van der Waals surface area contributed by atoms with Gasteiger partial charge in [0.1, 0.15) is 6.79 Å². The Hall–Kier alpha value is -2.03. The zero-order valence-corrected chi connectivity index (χ0v) is 18.7.